The van der Waals surface area contributed by atoms with Crippen molar-refractivity contribution in [1.82, 2.24) is 9.13 Å². The van der Waals surface area contributed by atoms with Crippen molar-refractivity contribution in [3.8, 4) is 22.5 Å². The number of aromatic nitrogens is 2. The number of fused-ring (bicyclic) bond motifs is 5. The lowest BCUT2D eigenvalue weighted by atomic mass is 9.92. The van der Waals surface area contributed by atoms with Crippen LogP contribution < -0.4 is 0 Å². The van der Waals surface area contributed by atoms with Crippen molar-refractivity contribution < 1.29 is 8.42 Å². The molecule has 9 rings (SSSR count). The average Bonchev–Trinajstić information content (AvgIpc) is 3.67. The Morgan fingerprint density at radius 2 is 1.11 bits per heavy atom. The molecular weight excluding hydrogens is 681 g/mol. The maximum absolute atomic E-state index is 14.7. The van der Waals surface area contributed by atoms with Crippen LogP contribution in [-0.2, 0) is 16.3 Å². The lowest BCUT2D eigenvalue weighted by Gasteiger charge is -2.18. The standard InChI is InChI=1S/C49H40N2O2S/c1-32-25-33(2)28-36(27-32)31-37-15-8-9-18-40(37)41-20-14-21-43-47-42-19-10-11-22-44(42)51(49(47)50(48(41)43)38-16-6-5-7-17-38)45-23-12-13-24-46(45)54(52,53)39-29-34(3)26-35(4)30-39/h5-30H,31H2,1-4H3. The van der Waals surface area contributed by atoms with Crippen LogP contribution in [0.4, 0.5) is 0 Å². The Labute approximate surface area is 316 Å². The normalized spacial score (nSPS) is 11.9. The predicted molar refractivity (Wildman–Crippen MR) is 223 cm³/mol. The Balaban J connectivity index is 1.40. The first-order chi connectivity index (χ1) is 26.2. The lowest BCUT2D eigenvalue weighted by Crippen LogP contribution is -2.09. The highest BCUT2D eigenvalue weighted by molar-refractivity contribution is 7.91. The molecule has 2 heterocycles. The van der Waals surface area contributed by atoms with E-state index in [1.54, 1.807) is 18.2 Å². The van der Waals surface area contributed by atoms with E-state index in [-0.39, 0.29) is 4.90 Å². The van der Waals surface area contributed by atoms with Gasteiger partial charge in [-0.25, -0.2) is 8.42 Å². The molecule has 0 atom stereocenters. The van der Waals surface area contributed by atoms with Crippen molar-refractivity contribution in [2.24, 2.45) is 0 Å². The Hall–Kier alpha value is -6.17. The second kappa shape index (κ2) is 13.0. The number of hydrogen-bond acceptors (Lipinski definition) is 2. The summed E-state index contributed by atoms with van der Waals surface area (Å²) < 4.78 is 33.9. The first-order valence-electron chi connectivity index (χ1n) is 18.4. The van der Waals surface area contributed by atoms with E-state index in [9.17, 15) is 8.42 Å². The van der Waals surface area contributed by atoms with Gasteiger partial charge in [0.1, 0.15) is 5.65 Å². The highest BCUT2D eigenvalue weighted by Gasteiger charge is 2.28. The lowest BCUT2D eigenvalue weighted by molar-refractivity contribution is 0.595. The third-order valence-corrected chi connectivity index (χ3v) is 12.3. The van der Waals surface area contributed by atoms with Gasteiger partial charge in [-0.15, -0.1) is 0 Å². The molecule has 0 radical (unpaired) electrons. The van der Waals surface area contributed by atoms with Crippen molar-refractivity contribution in [3.05, 3.63) is 191 Å². The van der Waals surface area contributed by atoms with Crippen LogP contribution in [0.5, 0.6) is 0 Å². The molecular formula is C49H40N2O2S. The fourth-order valence-electron chi connectivity index (χ4n) is 8.50. The van der Waals surface area contributed by atoms with E-state index in [2.05, 4.69) is 126 Å². The zero-order valence-corrected chi connectivity index (χ0v) is 31.7. The van der Waals surface area contributed by atoms with Gasteiger partial charge in [0.15, 0.2) is 0 Å². The summed E-state index contributed by atoms with van der Waals surface area (Å²) in [7, 11) is -3.91. The van der Waals surface area contributed by atoms with Crippen molar-refractivity contribution >= 4 is 42.7 Å². The van der Waals surface area contributed by atoms with Crippen LogP contribution in [0.2, 0.25) is 0 Å². The minimum absolute atomic E-state index is 0.265. The summed E-state index contributed by atoms with van der Waals surface area (Å²) in [5.74, 6) is 0. The minimum atomic E-state index is -3.91. The zero-order chi connectivity index (χ0) is 37.1. The summed E-state index contributed by atoms with van der Waals surface area (Å²) in [5, 5.41) is 3.25. The van der Waals surface area contributed by atoms with E-state index in [1.807, 2.05) is 50.2 Å². The van der Waals surface area contributed by atoms with Gasteiger partial charge in [0.05, 0.1) is 26.5 Å². The summed E-state index contributed by atoms with van der Waals surface area (Å²) in [6.07, 6.45) is 0.805. The molecule has 0 aliphatic rings. The van der Waals surface area contributed by atoms with Gasteiger partial charge in [0.25, 0.3) is 0 Å². The van der Waals surface area contributed by atoms with Crippen molar-refractivity contribution in [2.45, 2.75) is 43.9 Å². The van der Waals surface area contributed by atoms with Gasteiger partial charge in [-0.2, -0.15) is 0 Å². The maximum atomic E-state index is 14.7. The molecule has 5 heteroatoms. The van der Waals surface area contributed by atoms with Gasteiger partial charge in [0, 0.05) is 27.4 Å². The van der Waals surface area contributed by atoms with Crippen LogP contribution in [0.3, 0.4) is 0 Å². The Morgan fingerprint density at radius 3 is 1.87 bits per heavy atom. The first kappa shape index (κ1) is 33.7. The molecule has 4 nitrogen and oxygen atoms in total. The van der Waals surface area contributed by atoms with Crippen LogP contribution in [0.15, 0.2) is 168 Å². The zero-order valence-electron chi connectivity index (χ0n) is 30.8. The quantitative estimate of drug-likeness (QED) is 0.165. The largest absolute Gasteiger partial charge is 0.294 e. The molecule has 0 aliphatic carbocycles. The molecule has 7 aromatic carbocycles. The first-order valence-corrected chi connectivity index (χ1v) is 19.9. The van der Waals surface area contributed by atoms with Crippen molar-refractivity contribution in [1.29, 1.82) is 0 Å². The third-order valence-electron chi connectivity index (χ3n) is 10.5. The van der Waals surface area contributed by atoms with Gasteiger partial charge in [-0.05, 0) is 104 Å². The predicted octanol–water partition coefficient (Wildman–Crippen LogP) is 12.1. The van der Waals surface area contributed by atoms with Gasteiger partial charge in [-0.3, -0.25) is 9.13 Å². The van der Waals surface area contributed by atoms with Crippen LogP contribution in [0, 0.1) is 27.7 Å². The molecule has 264 valence electrons. The van der Waals surface area contributed by atoms with E-state index in [1.165, 1.54) is 27.8 Å². The Morgan fingerprint density at radius 1 is 0.519 bits per heavy atom. The SMILES string of the molecule is Cc1cc(C)cc(Cc2ccccc2-c2cccc3c4c5ccccc5n(-c5ccccc5S(=O)(=O)c5cc(C)cc(C)c5)c4n(-c4ccccc4)c23)c1. The van der Waals surface area contributed by atoms with E-state index >= 15 is 0 Å². The molecule has 0 saturated carbocycles. The number of aryl methyl sites for hydroxylation is 4. The van der Waals surface area contributed by atoms with Gasteiger partial charge in [0.2, 0.25) is 9.84 Å². The van der Waals surface area contributed by atoms with E-state index in [0.717, 1.165) is 61.6 Å². The van der Waals surface area contributed by atoms with E-state index in [4.69, 9.17) is 0 Å². The van der Waals surface area contributed by atoms with Crippen molar-refractivity contribution in [2.75, 3.05) is 0 Å². The second-order valence-electron chi connectivity index (χ2n) is 14.5. The topological polar surface area (TPSA) is 44.0 Å². The average molecular weight is 721 g/mol. The van der Waals surface area contributed by atoms with Crippen LogP contribution in [0.25, 0.3) is 55.3 Å². The monoisotopic (exact) mass is 720 g/mol. The number of hydrogen-bond donors (Lipinski definition) is 0. The molecule has 54 heavy (non-hydrogen) atoms. The highest BCUT2D eigenvalue weighted by Crippen LogP contribution is 2.45. The number of para-hydroxylation sites is 4. The number of nitrogens with zero attached hydrogens (tertiary/aromatic N) is 2. The molecule has 0 saturated heterocycles. The molecule has 9 aromatic rings. The van der Waals surface area contributed by atoms with Gasteiger partial charge in [-0.1, -0.05) is 126 Å². The number of benzene rings is 7. The molecule has 0 N–H and O–H groups in total. The fourth-order valence-corrected chi connectivity index (χ4v) is 10.1. The van der Waals surface area contributed by atoms with Gasteiger partial charge < -0.3 is 0 Å². The van der Waals surface area contributed by atoms with Gasteiger partial charge >= 0.3 is 0 Å². The van der Waals surface area contributed by atoms with Crippen LogP contribution in [0.1, 0.15) is 33.4 Å². The highest BCUT2D eigenvalue weighted by atomic mass is 32.2. The summed E-state index contributed by atoms with van der Waals surface area (Å²) in [5.41, 5.74) is 13.7. The third kappa shape index (κ3) is 5.55. The molecule has 0 amide bonds. The van der Waals surface area contributed by atoms with Crippen LogP contribution in [-0.4, -0.2) is 17.6 Å². The summed E-state index contributed by atoms with van der Waals surface area (Å²) in [4.78, 5) is 0.563. The summed E-state index contributed by atoms with van der Waals surface area (Å²) >= 11 is 0. The molecule has 0 spiro atoms. The van der Waals surface area contributed by atoms with E-state index in [0.29, 0.717) is 10.6 Å². The number of sulfone groups is 1. The molecule has 0 unspecified atom stereocenters. The minimum Gasteiger partial charge on any atom is -0.294 e. The summed E-state index contributed by atoms with van der Waals surface area (Å²) in [6, 6.07) is 53.9. The van der Waals surface area contributed by atoms with Crippen molar-refractivity contribution in [3.63, 3.8) is 0 Å². The second-order valence-corrected chi connectivity index (χ2v) is 16.5. The van der Waals surface area contributed by atoms with Crippen LogP contribution >= 0.6 is 0 Å². The van der Waals surface area contributed by atoms with E-state index < -0.39 is 9.84 Å². The molecule has 0 fully saturated rings. The fraction of sp³-hybridized carbons (Fsp3) is 0.102. The molecule has 0 bridgehead atoms. The Kier molecular flexibility index (Phi) is 8.13. The number of rotatable bonds is 7. The molecule has 2 aromatic heterocycles. The summed E-state index contributed by atoms with van der Waals surface area (Å²) in [6.45, 7) is 8.20. The maximum Gasteiger partial charge on any atom is 0.208 e. The smallest absolute Gasteiger partial charge is 0.208 e. The molecule has 0 aliphatic heterocycles. The Bertz CT molecular complexity index is 2980.